The van der Waals surface area contributed by atoms with Crippen molar-refractivity contribution in [1.82, 2.24) is 15.4 Å². The summed E-state index contributed by atoms with van der Waals surface area (Å²) in [6.07, 6.45) is 0.188. The normalized spacial score (nSPS) is 15.7. The topological polar surface area (TPSA) is 87.5 Å². The monoisotopic (exact) mass is 390 g/mol. The van der Waals surface area contributed by atoms with Gasteiger partial charge in [0.05, 0.1) is 19.0 Å². The molecular formula is C22H22N4O3. The molecule has 1 aliphatic rings. The van der Waals surface area contributed by atoms with Crippen molar-refractivity contribution in [1.29, 1.82) is 0 Å². The summed E-state index contributed by atoms with van der Waals surface area (Å²) in [5.41, 5.74) is 3.00. The van der Waals surface area contributed by atoms with Gasteiger partial charge in [-0.25, -0.2) is 0 Å². The smallest absolute Gasteiger partial charge is 0.273 e. The van der Waals surface area contributed by atoms with E-state index in [0.29, 0.717) is 12.3 Å². The number of nitrogens with zero attached hydrogens (tertiary/aromatic N) is 2. The van der Waals surface area contributed by atoms with Gasteiger partial charge in [-0.15, -0.1) is 0 Å². The third-order valence-electron chi connectivity index (χ3n) is 4.82. The lowest BCUT2D eigenvalue weighted by atomic mass is 9.97. The first-order chi connectivity index (χ1) is 14.1. The molecule has 7 heteroatoms. The lowest BCUT2D eigenvalue weighted by Gasteiger charge is -2.25. The largest absolute Gasteiger partial charge is 0.359 e. The molecule has 0 fully saturated rings. The van der Waals surface area contributed by atoms with Crippen molar-refractivity contribution in [3.05, 3.63) is 83.2 Å². The van der Waals surface area contributed by atoms with Crippen LogP contribution in [0.15, 0.2) is 65.2 Å². The second-order valence-electron chi connectivity index (χ2n) is 7.20. The molecule has 0 saturated heterocycles. The third kappa shape index (κ3) is 4.52. The van der Waals surface area contributed by atoms with E-state index in [4.69, 9.17) is 4.52 Å². The number of rotatable bonds is 6. The summed E-state index contributed by atoms with van der Waals surface area (Å²) < 4.78 is 5.34. The van der Waals surface area contributed by atoms with Gasteiger partial charge in [-0.05, 0) is 24.2 Å². The van der Waals surface area contributed by atoms with Crippen LogP contribution >= 0.6 is 0 Å². The number of hydrogen-bond donors (Lipinski definition) is 2. The van der Waals surface area contributed by atoms with E-state index in [-0.39, 0.29) is 23.9 Å². The number of carbonyl (C=O) groups is 2. The summed E-state index contributed by atoms with van der Waals surface area (Å²) >= 11 is 0. The average molecular weight is 390 g/mol. The van der Waals surface area contributed by atoms with Gasteiger partial charge >= 0.3 is 0 Å². The molecule has 1 aromatic heterocycles. The van der Waals surface area contributed by atoms with Crippen molar-refractivity contribution in [2.75, 3.05) is 12.4 Å². The van der Waals surface area contributed by atoms with Gasteiger partial charge in [0.15, 0.2) is 11.5 Å². The highest BCUT2D eigenvalue weighted by molar-refractivity contribution is 5.97. The molecule has 2 amide bonds. The highest BCUT2D eigenvalue weighted by atomic mass is 16.5. The molecule has 2 aromatic carbocycles. The van der Waals surface area contributed by atoms with Gasteiger partial charge in [0.1, 0.15) is 0 Å². The van der Waals surface area contributed by atoms with Crippen LogP contribution < -0.4 is 10.6 Å². The minimum Gasteiger partial charge on any atom is -0.359 e. The molecule has 0 unspecified atom stereocenters. The molecular weight excluding hydrogens is 368 g/mol. The van der Waals surface area contributed by atoms with Crippen molar-refractivity contribution in [3.63, 3.8) is 0 Å². The van der Waals surface area contributed by atoms with Crippen LogP contribution in [-0.4, -0.2) is 28.9 Å². The predicted octanol–water partition coefficient (Wildman–Crippen LogP) is 3.12. The van der Waals surface area contributed by atoms with Crippen molar-refractivity contribution in [3.8, 4) is 0 Å². The van der Waals surface area contributed by atoms with Gasteiger partial charge < -0.3 is 15.2 Å². The molecule has 0 bridgehead atoms. The fourth-order valence-electron chi connectivity index (χ4n) is 3.48. The highest BCUT2D eigenvalue weighted by Gasteiger charge is 2.27. The standard InChI is InChI=1S/C22H22N4O3/c1-26(13-15-7-3-2-4-8-15)14-16-11-20(25-29-16)22(28)24-19-12-21(27)23-18-10-6-5-9-17(18)19/h2-11,19H,12-14H2,1H3,(H,23,27)(H,24,28)/t19-/m1/s1. The first-order valence-corrected chi connectivity index (χ1v) is 9.46. The molecule has 0 radical (unpaired) electrons. The highest BCUT2D eigenvalue weighted by Crippen LogP contribution is 2.30. The Morgan fingerprint density at radius 1 is 1.17 bits per heavy atom. The van der Waals surface area contributed by atoms with Crippen LogP contribution in [0.4, 0.5) is 5.69 Å². The number of hydrogen-bond acceptors (Lipinski definition) is 5. The second kappa shape index (κ2) is 8.28. The fraction of sp³-hybridized carbons (Fsp3) is 0.227. The maximum Gasteiger partial charge on any atom is 0.273 e. The number of nitrogens with one attached hydrogen (secondary N) is 2. The summed E-state index contributed by atoms with van der Waals surface area (Å²) in [6, 6.07) is 18.8. The first kappa shape index (κ1) is 18.9. The zero-order chi connectivity index (χ0) is 20.2. The van der Waals surface area contributed by atoms with Crippen molar-refractivity contribution >= 4 is 17.5 Å². The van der Waals surface area contributed by atoms with Crippen LogP contribution in [0.25, 0.3) is 0 Å². The Bertz CT molecular complexity index is 1020. The van der Waals surface area contributed by atoms with E-state index in [1.807, 2.05) is 49.5 Å². The quantitative estimate of drug-likeness (QED) is 0.675. The minimum absolute atomic E-state index is 0.127. The number of carbonyl (C=O) groups excluding carboxylic acids is 2. The molecule has 0 saturated carbocycles. The maximum atomic E-state index is 12.6. The van der Waals surface area contributed by atoms with E-state index >= 15 is 0 Å². The predicted molar refractivity (Wildman–Crippen MR) is 108 cm³/mol. The van der Waals surface area contributed by atoms with E-state index in [0.717, 1.165) is 17.8 Å². The zero-order valence-corrected chi connectivity index (χ0v) is 16.1. The number of fused-ring (bicyclic) bond motifs is 1. The Balaban J connectivity index is 1.39. The molecule has 7 nitrogen and oxygen atoms in total. The van der Waals surface area contributed by atoms with Crippen molar-refractivity contribution in [2.45, 2.75) is 25.6 Å². The van der Waals surface area contributed by atoms with Gasteiger partial charge in [0, 0.05) is 18.3 Å². The van der Waals surface area contributed by atoms with Crippen LogP contribution in [0, 0.1) is 0 Å². The summed E-state index contributed by atoms with van der Waals surface area (Å²) in [5.74, 6) is 0.118. The van der Waals surface area contributed by atoms with Crippen LogP contribution in [0.3, 0.4) is 0 Å². The molecule has 0 aliphatic carbocycles. The molecule has 1 aliphatic heterocycles. The first-order valence-electron chi connectivity index (χ1n) is 9.46. The van der Waals surface area contributed by atoms with E-state index in [2.05, 4.69) is 32.8 Å². The summed E-state index contributed by atoms with van der Waals surface area (Å²) in [5, 5.41) is 9.61. The van der Waals surface area contributed by atoms with Crippen LogP contribution in [0.1, 0.15) is 39.8 Å². The summed E-state index contributed by atoms with van der Waals surface area (Å²) in [7, 11) is 1.98. The van der Waals surface area contributed by atoms with Gasteiger partial charge in [0.2, 0.25) is 5.91 Å². The lowest BCUT2D eigenvalue weighted by Crippen LogP contribution is -2.35. The van der Waals surface area contributed by atoms with Crippen molar-refractivity contribution < 1.29 is 14.1 Å². The average Bonchev–Trinajstić information content (AvgIpc) is 3.17. The maximum absolute atomic E-state index is 12.6. The molecule has 1 atom stereocenters. The van der Waals surface area contributed by atoms with Gasteiger partial charge in [-0.1, -0.05) is 53.7 Å². The zero-order valence-electron chi connectivity index (χ0n) is 16.1. The van der Waals surface area contributed by atoms with E-state index in [1.165, 1.54) is 5.56 Å². The lowest BCUT2D eigenvalue weighted by molar-refractivity contribution is -0.116. The molecule has 0 spiro atoms. The SMILES string of the molecule is CN(Cc1ccccc1)Cc1cc(C(=O)N[C@@H]2CC(=O)Nc3ccccc32)no1. The van der Waals surface area contributed by atoms with Crippen LogP contribution in [0.5, 0.6) is 0 Å². The Kier molecular flexibility index (Phi) is 5.39. The van der Waals surface area contributed by atoms with Crippen LogP contribution in [0.2, 0.25) is 0 Å². The number of aromatic nitrogens is 1. The number of para-hydroxylation sites is 1. The Labute approximate surface area is 168 Å². The molecule has 4 rings (SSSR count). The van der Waals surface area contributed by atoms with E-state index in [9.17, 15) is 9.59 Å². The molecule has 3 aromatic rings. The van der Waals surface area contributed by atoms with Gasteiger partial charge in [0.25, 0.3) is 5.91 Å². The Hall–Kier alpha value is -3.45. The number of benzene rings is 2. The van der Waals surface area contributed by atoms with E-state index in [1.54, 1.807) is 6.07 Å². The summed E-state index contributed by atoms with van der Waals surface area (Å²) in [4.78, 5) is 26.7. The number of amides is 2. The summed E-state index contributed by atoms with van der Waals surface area (Å²) in [6.45, 7) is 1.29. The van der Waals surface area contributed by atoms with Gasteiger partial charge in [-0.3, -0.25) is 14.5 Å². The van der Waals surface area contributed by atoms with Crippen LogP contribution in [-0.2, 0) is 17.9 Å². The number of anilines is 1. The molecule has 2 heterocycles. The van der Waals surface area contributed by atoms with E-state index < -0.39 is 6.04 Å². The minimum atomic E-state index is -0.395. The Morgan fingerprint density at radius 2 is 1.93 bits per heavy atom. The molecule has 29 heavy (non-hydrogen) atoms. The second-order valence-corrected chi connectivity index (χ2v) is 7.20. The Morgan fingerprint density at radius 3 is 2.76 bits per heavy atom. The van der Waals surface area contributed by atoms with Crippen molar-refractivity contribution in [2.24, 2.45) is 0 Å². The third-order valence-corrected chi connectivity index (χ3v) is 4.82. The molecule has 2 N–H and O–H groups in total. The fourth-order valence-corrected chi connectivity index (χ4v) is 3.48. The van der Waals surface area contributed by atoms with Gasteiger partial charge in [-0.2, -0.15) is 0 Å². The molecule has 148 valence electrons.